The Bertz CT molecular complexity index is 1210. The SMILES string of the molecule is Cc1ccc(S(=O)(=O)N2CCN(c3nc(Oc4ccc(F)cc4)cc(N(C)C)n3)CC2)cc1. The molecule has 4 rings (SSSR count). The van der Waals surface area contributed by atoms with Gasteiger partial charge in [-0.1, -0.05) is 17.7 Å². The van der Waals surface area contributed by atoms with Crippen molar-refractivity contribution in [3.8, 4) is 11.6 Å². The zero-order valence-corrected chi connectivity index (χ0v) is 19.6. The maximum absolute atomic E-state index is 13.2. The largest absolute Gasteiger partial charge is 0.439 e. The Balaban J connectivity index is 1.51. The fourth-order valence-electron chi connectivity index (χ4n) is 3.43. The Morgan fingerprint density at radius 2 is 1.58 bits per heavy atom. The molecule has 0 spiro atoms. The zero-order valence-electron chi connectivity index (χ0n) is 18.8. The van der Waals surface area contributed by atoms with Crippen LogP contribution in [0.5, 0.6) is 11.6 Å². The van der Waals surface area contributed by atoms with E-state index in [2.05, 4.69) is 9.97 Å². The first-order valence-corrected chi connectivity index (χ1v) is 12.0. The number of sulfonamides is 1. The van der Waals surface area contributed by atoms with Gasteiger partial charge in [-0.15, -0.1) is 0 Å². The average Bonchev–Trinajstić information content (AvgIpc) is 2.81. The van der Waals surface area contributed by atoms with Gasteiger partial charge in [0.2, 0.25) is 21.9 Å². The number of halogens is 1. The molecule has 10 heteroatoms. The lowest BCUT2D eigenvalue weighted by Gasteiger charge is -2.34. The van der Waals surface area contributed by atoms with E-state index in [1.165, 1.54) is 28.6 Å². The molecular formula is C23H26FN5O3S. The topological polar surface area (TPSA) is 78.9 Å². The van der Waals surface area contributed by atoms with Gasteiger partial charge in [0.15, 0.2) is 0 Å². The van der Waals surface area contributed by atoms with Gasteiger partial charge in [0.1, 0.15) is 17.4 Å². The standard InChI is InChI=1S/C23H26FN5O3S/c1-17-4-10-20(11-5-17)33(30,31)29-14-12-28(13-15-29)23-25-21(27(2)3)16-22(26-23)32-19-8-6-18(24)7-9-19/h4-11,16H,12-15H2,1-3H3. The number of anilines is 2. The van der Waals surface area contributed by atoms with E-state index < -0.39 is 10.0 Å². The number of benzene rings is 2. The van der Waals surface area contributed by atoms with E-state index in [4.69, 9.17) is 4.74 Å². The molecule has 0 bridgehead atoms. The third-order valence-electron chi connectivity index (χ3n) is 5.35. The summed E-state index contributed by atoms with van der Waals surface area (Å²) in [5, 5.41) is 0. The monoisotopic (exact) mass is 471 g/mol. The van der Waals surface area contributed by atoms with Gasteiger partial charge in [-0.05, 0) is 43.3 Å². The molecule has 1 aliphatic rings. The molecule has 174 valence electrons. The van der Waals surface area contributed by atoms with Crippen LogP contribution in [0.3, 0.4) is 0 Å². The maximum Gasteiger partial charge on any atom is 0.243 e. The number of aromatic nitrogens is 2. The molecule has 1 aliphatic heterocycles. The Hall–Kier alpha value is -3.24. The number of ether oxygens (including phenoxy) is 1. The summed E-state index contributed by atoms with van der Waals surface area (Å²) < 4.78 is 46.5. The highest BCUT2D eigenvalue weighted by atomic mass is 32.2. The fraction of sp³-hybridized carbons (Fsp3) is 0.304. The Morgan fingerprint density at radius 1 is 0.939 bits per heavy atom. The van der Waals surface area contributed by atoms with E-state index in [-0.39, 0.29) is 5.82 Å². The van der Waals surface area contributed by atoms with Crippen molar-refractivity contribution in [1.29, 1.82) is 0 Å². The van der Waals surface area contributed by atoms with Crippen molar-refractivity contribution in [2.24, 2.45) is 0 Å². The molecule has 2 heterocycles. The van der Waals surface area contributed by atoms with Crippen LogP contribution in [0.4, 0.5) is 16.2 Å². The van der Waals surface area contributed by atoms with E-state index in [1.54, 1.807) is 30.3 Å². The number of hydrogen-bond acceptors (Lipinski definition) is 7. The third kappa shape index (κ3) is 5.23. The van der Waals surface area contributed by atoms with Crippen LogP contribution >= 0.6 is 0 Å². The molecule has 1 saturated heterocycles. The Kier molecular flexibility index (Phi) is 6.48. The van der Waals surface area contributed by atoms with Crippen molar-refractivity contribution < 1.29 is 17.5 Å². The van der Waals surface area contributed by atoms with Gasteiger partial charge in [-0.2, -0.15) is 14.3 Å². The minimum atomic E-state index is -3.56. The first-order chi connectivity index (χ1) is 15.7. The first kappa shape index (κ1) is 22.9. The zero-order chi connectivity index (χ0) is 23.6. The van der Waals surface area contributed by atoms with Gasteiger partial charge in [0.25, 0.3) is 0 Å². The van der Waals surface area contributed by atoms with Crippen molar-refractivity contribution in [2.45, 2.75) is 11.8 Å². The first-order valence-electron chi connectivity index (χ1n) is 10.5. The highest BCUT2D eigenvalue weighted by molar-refractivity contribution is 7.89. The average molecular weight is 472 g/mol. The van der Waals surface area contributed by atoms with Crippen molar-refractivity contribution in [3.05, 3.63) is 66.0 Å². The molecule has 0 amide bonds. The van der Waals surface area contributed by atoms with Crippen LogP contribution in [-0.4, -0.2) is 63.0 Å². The summed E-state index contributed by atoms with van der Waals surface area (Å²) in [7, 11) is 0.166. The summed E-state index contributed by atoms with van der Waals surface area (Å²) in [5.41, 5.74) is 1.01. The summed E-state index contributed by atoms with van der Waals surface area (Å²) in [6, 6.07) is 14.3. The third-order valence-corrected chi connectivity index (χ3v) is 7.26. The normalized spacial score (nSPS) is 14.8. The number of piperazine rings is 1. The quantitative estimate of drug-likeness (QED) is 0.546. The van der Waals surface area contributed by atoms with E-state index in [0.717, 1.165) is 5.56 Å². The lowest BCUT2D eigenvalue weighted by molar-refractivity contribution is 0.381. The Morgan fingerprint density at radius 3 is 2.18 bits per heavy atom. The minimum Gasteiger partial charge on any atom is -0.439 e. The molecule has 1 fully saturated rings. The van der Waals surface area contributed by atoms with Gasteiger partial charge in [-0.3, -0.25) is 0 Å². The molecule has 0 unspecified atom stereocenters. The van der Waals surface area contributed by atoms with E-state index in [1.807, 2.05) is 30.8 Å². The van der Waals surface area contributed by atoms with Gasteiger partial charge < -0.3 is 14.5 Å². The van der Waals surface area contributed by atoms with Crippen molar-refractivity contribution in [1.82, 2.24) is 14.3 Å². The van der Waals surface area contributed by atoms with Crippen LogP contribution in [0.1, 0.15) is 5.56 Å². The molecule has 1 aromatic heterocycles. The molecule has 33 heavy (non-hydrogen) atoms. The van der Waals surface area contributed by atoms with Gasteiger partial charge >= 0.3 is 0 Å². The Labute approximate surface area is 193 Å². The van der Waals surface area contributed by atoms with Crippen LogP contribution in [0.2, 0.25) is 0 Å². The fourth-order valence-corrected chi connectivity index (χ4v) is 4.86. The van der Waals surface area contributed by atoms with Crippen molar-refractivity contribution >= 4 is 21.8 Å². The number of hydrogen-bond donors (Lipinski definition) is 0. The second-order valence-corrected chi connectivity index (χ2v) is 9.96. The molecule has 0 saturated carbocycles. The molecular weight excluding hydrogens is 445 g/mol. The van der Waals surface area contributed by atoms with Crippen LogP contribution in [0.15, 0.2) is 59.5 Å². The molecule has 0 N–H and O–H groups in total. The summed E-state index contributed by atoms with van der Waals surface area (Å²) in [5.74, 6) is 1.53. The summed E-state index contributed by atoms with van der Waals surface area (Å²) >= 11 is 0. The van der Waals surface area contributed by atoms with Crippen LogP contribution in [0, 0.1) is 12.7 Å². The molecule has 0 aliphatic carbocycles. The number of rotatable bonds is 6. The second kappa shape index (κ2) is 9.32. The molecule has 2 aromatic carbocycles. The number of aryl methyl sites for hydroxylation is 1. The van der Waals surface area contributed by atoms with Crippen LogP contribution < -0.4 is 14.5 Å². The van der Waals surface area contributed by atoms with Crippen LogP contribution in [-0.2, 0) is 10.0 Å². The smallest absolute Gasteiger partial charge is 0.243 e. The summed E-state index contributed by atoms with van der Waals surface area (Å²) in [6.07, 6.45) is 0. The van der Waals surface area contributed by atoms with Crippen molar-refractivity contribution in [3.63, 3.8) is 0 Å². The molecule has 0 radical (unpaired) electrons. The second-order valence-electron chi connectivity index (χ2n) is 8.02. The number of nitrogens with zero attached hydrogens (tertiary/aromatic N) is 5. The summed E-state index contributed by atoms with van der Waals surface area (Å²) in [6.45, 7) is 3.45. The maximum atomic E-state index is 13.2. The van der Waals surface area contributed by atoms with E-state index in [0.29, 0.717) is 54.5 Å². The molecule has 8 nitrogen and oxygen atoms in total. The van der Waals surface area contributed by atoms with E-state index in [9.17, 15) is 12.8 Å². The molecule has 3 aromatic rings. The van der Waals surface area contributed by atoms with Crippen molar-refractivity contribution in [2.75, 3.05) is 50.1 Å². The van der Waals surface area contributed by atoms with Gasteiger partial charge in [0, 0.05) is 46.3 Å². The lowest BCUT2D eigenvalue weighted by Crippen LogP contribution is -2.49. The highest BCUT2D eigenvalue weighted by Crippen LogP contribution is 2.27. The highest BCUT2D eigenvalue weighted by Gasteiger charge is 2.29. The molecule has 0 atom stereocenters. The predicted octanol–water partition coefficient (Wildman–Crippen LogP) is 3.29. The summed E-state index contributed by atoms with van der Waals surface area (Å²) in [4.78, 5) is 13.2. The predicted molar refractivity (Wildman–Crippen MR) is 125 cm³/mol. The van der Waals surface area contributed by atoms with E-state index >= 15 is 0 Å². The van der Waals surface area contributed by atoms with Crippen LogP contribution in [0.25, 0.3) is 0 Å². The van der Waals surface area contributed by atoms with Gasteiger partial charge in [0.05, 0.1) is 4.90 Å². The van der Waals surface area contributed by atoms with Gasteiger partial charge in [-0.25, -0.2) is 12.8 Å². The minimum absolute atomic E-state index is 0.294. The lowest BCUT2D eigenvalue weighted by atomic mass is 10.2.